The van der Waals surface area contributed by atoms with Gasteiger partial charge >= 0.3 is 0 Å². The molecule has 0 fully saturated rings. The van der Waals surface area contributed by atoms with Gasteiger partial charge in [-0.2, -0.15) is 4.98 Å². The molecule has 2 N–H and O–H groups in total. The van der Waals surface area contributed by atoms with Crippen LogP contribution in [0.3, 0.4) is 0 Å². The summed E-state index contributed by atoms with van der Waals surface area (Å²) in [5.74, 6) is 1.10. The molecule has 0 aliphatic carbocycles. The van der Waals surface area contributed by atoms with Crippen LogP contribution in [0.15, 0.2) is 47.0 Å². The van der Waals surface area contributed by atoms with Crippen molar-refractivity contribution < 1.29 is 4.52 Å². The zero-order valence-corrected chi connectivity index (χ0v) is 12.3. The minimum absolute atomic E-state index is 0.495. The van der Waals surface area contributed by atoms with E-state index < -0.39 is 0 Å². The lowest BCUT2D eigenvalue weighted by atomic mass is 10.1. The highest BCUT2D eigenvalue weighted by Gasteiger charge is 2.12. The second kappa shape index (κ2) is 5.58. The first kappa shape index (κ1) is 13.6. The second-order valence-corrected chi connectivity index (χ2v) is 5.27. The molecule has 0 amide bonds. The van der Waals surface area contributed by atoms with Crippen LogP contribution in [0.4, 0.5) is 5.69 Å². The molecule has 0 spiro atoms. The summed E-state index contributed by atoms with van der Waals surface area (Å²) in [6.07, 6.45) is 0.539. The highest BCUT2D eigenvalue weighted by Crippen LogP contribution is 2.24. The van der Waals surface area contributed by atoms with Gasteiger partial charge in [-0.25, -0.2) is 0 Å². The molecule has 5 heteroatoms. The van der Waals surface area contributed by atoms with Gasteiger partial charge in [-0.05, 0) is 42.3 Å². The van der Waals surface area contributed by atoms with E-state index in [1.807, 2.05) is 49.4 Å². The average Bonchev–Trinajstić information content (AvgIpc) is 2.90. The Morgan fingerprint density at radius 3 is 2.76 bits per heavy atom. The van der Waals surface area contributed by atoms with Crippen molar-refractivity contribution >= 4 is 17.3 Å². The maximum Gasteiger partial charge on any atom is 0.258 e. The number of halogens is 1. The van der Waals surface area contributed by atoms with Crippen LogP contribution >= 0.6 is 11.6 Å². The van der Waals surface area contributed by atoms with E-state index in [9.17, 15) is 0 Å². The predicted octanol–water partition coefficient (Wildman–Crippen LogP) is 3.87. The largest absolute Gasteiger partial charge is 0.399 e. The molecule has 0 atom stereocenters. The third-order valence-corrected chi connectivity index (χ3v) is 3.62. The highest BCUT2D eigenvalue weighted by molar-refractivity contribution is 6.31. The Morgan fingerprint density at radius 2 is 2.00 bits per heavy atom. The zero-order chi connectivity index (χ0) is 14.8. The quantitative estimate of drug-likeness (QED) is 0.746. The van der Waals surface area contributed by atoms with Crippen LogP contribution in [-0.2, 0) is 6.42 Å². The molecule has 0 aliphatic rings. The van der Waals surface area contributed by atoms with E-state index in [-0.39, 0.29) is 0 Å². The fourth-order valence-corrected chi connectivity index (χ4v) is 2.38. The second-order valence-electron chi connectivity index (χ2n) is 4.86. The molecule has 0 aliphatic heterocycles. The average molecular weight is 300 g/mol. The van der Waals surface area contributed by atoms with E-state index in [1.165, 1.54) is 0 Å². The molecule has 21 heavy (non-hydrogen) atoms. The molecule has 2 aromatic carbocycles. The number of rotatable bonds is 3. The van der Waals surface area contributed by atoms with E-state index >= 15 is 0 Å². The number of hydrogen-bond acceptors (Lipinski definition) is 4. The third kappa shape index (κ3) is 2.90. The van der Waals surface area contributed by atoms with E-state index in [0.29, 0.717) is 28.8 Å². The predicted molar refractivity (Wildman–Crippen MR) is 83.1 cm³/mol. The van der Waals surface area contributed by atoms with Crippen LogP contribution in [0, 0.1) is 6.92 Å². The minimum atomic E-state index is 0.495. The normalized spacial score (nSPS) is 10.8. The maximum atomic E-state index is 6.14. The Hall–Kier alpha value is -2.33. The summed E-state index contributed by atoms with van der Waals surface area (Å²) >= 11 is 6.14. The van der Waals surface area contributed by atoms with Gasteiger partial charge in [0.15, 0.2) is 5.82 Å². The van der Waals surface area contributed by atoms with Crippen LogP contribution in [0.2, 0.25) is 5.02 Å². The summed E-state index contributed by atoms with van der Waals surface area (Å²) in [5, 5.41) is 4.72. The number of nitrogen functional groups attached to an aromatic ring is 1. The minimum Gasteiger partial charge on any atom is -0.399 e. The first-order chi connectivity index (χ1) is 10.1. The molecule has 0 unspecified atom stereocenters. The number of hydrogen-bond donors (Lipinski definition) is 1. The topological polar surface area (TPSA) is 64.9 Å². The number of aryl methyl sites for hydroxylation is 1. The molecular formula is C16H14ClN3O. The molecule has 3 rings (SSSR count). The summed E-state index contributed by atoms with van der Waals surface area (Å²) in [7, 11) is 0. The lowest BCUT2D eigenvalue weighted by Crippen LogP contribution is -1.92. The maximum absolute atomic E-state index is 6.14. The van der Waals surface area contributed by atoms with Crippen molar-refractivity contribution in [1.29, 1.82) is 0 Å². The van der Waals surface area contributed by atoms with Gasteiger partial charge < -0.3 is 10.3 Å². The monoisotopic (exact) mass is 299 g/mol. The number of anilines is 1. The van der Waals surface area contributed by atoms with Gasteiger partial charge in [0.2, 0.25) is 0 Å². The SMILES string of the molecule is Cc1cc(N)ccc1-c1nc(Cc2ccccc2Cl)no1. The van der Waals surface area contributed by atoms with E-state index in [4.69, 9.17) is 21.9 Å². The van der Waals surface area contributed by atoms with Crippen LogP contribution in [0.5, 0.6) is 0 Å². The van der Waals surface area contributed by atoms with Gasteiger partial charge in [0.25, 0.3) is 5.89 Å². The summed E-state index contributed by atoms with van der Waals surface area (Å²) < 4.78 is 5.34. The van der Waals surface area contributed by atoms with Crippen molar-refractivity contribution in [2.45, 2.75) is 13.3 Å². The summed E-state index contributed by atoms with van der Waals surface area (Å²) in [6, 6.07) is 13.2. The van der Waals surface area contributed by atoms with Gasteiger partial charge in [-0.1, -0.05) is 35.0 Å². The Balaban J connectivity index is 1.88. The molecule has 4 nitrogen and oxygen atoms in total. The number of benzene rings is 2. The molecule has 0 bridgehead atoms. The lowest BCUT2D eigenvalue weighted by molar-refractivity contribution is 0.423. The fourth-order valence-electron chi connectivity index (χ4n) is 2.17. The smallest absolute Gasteiger partial charge is 0.258 e. The molecule has 1 aromatic heterocycles. The van der Waals surface area contributed by atoms with E-state index in [0.717, 1.165) is 16.7 Å². The molecule has 3 aromatic rings. The van der Waals surface area contributed by atoms with Crippen LogP contribution in [0.25, 0.3) is 11.5 Å². The first-order valence-corrected chi connectivity index (χ1v) is 6.94. The molecular weight excluding hydrogens is 286 g/mol. The molecule has 0 saturated carbocycles. The first-order valence-electron chi connectivity index (χ1n) is 6.56. The Bertz CT molecular complexity index is 783. The van der Waals surface area contributed by atoms with Crippen molar-refractivity contribution in [2.24, 2.45) is 0 Å². The molecule has 106 valence electrons. The van der Waals surface area contributed by atoms with Crippen LogP contribution in [-0.4, -0.2) is 10.1 Å². The number of aromatic nitrogens is 2. The zero-order valence-electron chi connectivity index (χ0n) is 11.5. The molecule has 1 heterocycles. The Kier molecular flexibility index (Phi) is 3.62. The standard InChI is InChI=1S/C16H14ClN3O/c1-10-8-12(18)6-7-13(10)16-19-15(20-21-16)9-11-4-2-3-5-14(11)17/h2-8H,9,18H2,1H3. The van der Waals surface area contributed by atoms with Crippen molar-refractivity contribution in [3.8, 4) is 11.5 Å². The van der Waals surface area contributed by atoms with Gasteiger partial charge in [0.1, 0.15) is 0 Å². The van der Waals surface area contributed by atoms with Gasteiger partial charge in [0.05, 0.1) is 0 Å². The van der Waals surface area contributed by atoms with Crippen molar-refractivity contribution in [2.75, 3.05) is 5.73 Å². The van der Waals surface area contributed by atoms with Crippen molar-refractivity contribution in [3.63, 3.8) is 0 Å². The van der Waals surface area contributed by atoms with E-state index in [1.54, 1.807) is 0 Å². The Labute approximate surface area is 127 Å². The fraction of sp³-hybridized carbons (Fsp3) is 0.125. The Morgan fingerprint density at radius 1 is 1.19 bits per heavy atom. The summed E-state index contributed by atoms with van der Waals surface area (Å²) in [4.78, 5) is 4.43. The van der Waals surface area contributed by atoms with Crippen molar-refractivity contribution in [1.82, 2.24) is 10.1 Å². The molecule has 0 saturated heterocycles. The number of nitrogens with zero attached hydrogens (tertiary/aromatic N) is 2. The van der Waals surface area contributed by atoms with Gasteiger partial charge in [0, 0.05) is 22.7 Å². The lowest BCUT2D eigenvalue weighted by Gasteiger charge is -2.01. The molecule has 0 radical (unpaired) electrons. The number of nitrogens with two attached hydrogens (primary N) is 1. The van der Waals surface area contributed by atoms with E-state index in [2.05, 4.69) is 10.1 Å². The van der Waals surface area contributed by atoms with Gasteiger partial charge in [-0.3, -0.25) is 0 Å². The third-order valence-electron chi connectivity index (χ3n) is 3.26. The van der Waals surface area contributed by atoms with Crippen LogP contribution < -0.4 is 5.73 Å². The summed E-state index contributed by atoms with van der Waals surface area (Å²) in [5.41, 5.74) is 9.33. The summed E-state index contributed by atoms with van der Waals surface area (Å²) in [6.45, 7) is 1.96. The van der Waals surface area contributed by atoms with Gasteiger partial charge in [-0.15, -0.1) is 0 Å². The highest BCUT2D eigenvalue weighted by atomic mass is 35.5. The van der Waals surface area contributed by atoms with Crippen molar-refractivity contribution in [3.05, 3.63) is 64.4 Å². The van der Waals surface area contributed by atoms with Crippen LogP contribution in [0.1, 0.15) is 17.0 Å².